The summed E-state index contributed by atoms with van der Waals surface area (Å²) in [4.78, 5) is 4.18. The summed E-state index contributed by atoms with van der Waals surface area (Å²) in [5.41, 5.74) is 0. The van der Waals surface area contributed by atoms with Crippen LogP contribution in [0, 0.1) is 0 Å². The van der Waals surface area contributed by atoms with Crippen molar-refractivity contribution in [2.24, 2.45) is 0 Å². The van der Waals surface area contributed by atoms with E-state index in [-0.39, 0.29) is 0 Å². The van der Waals surface area contributed by atoms with Gasteiger partial charge in [0.25, 0.3) is 0 Å². The third kappa shape index (κ3) is 3.04. The fourth-order valence-electron chi connectivity index (χ4n) is 1.87. The van der Waals surface area contributed by atoms with E-state index in [0.717, 1.165) is 31.1 Å². The number of hydrogen-bond donors (Lipinski definition) is 1. The molecule has 4 heteroatoms. The van der Waals surface area contributed by atoms with Crippen molar-refractivity contribution in [1.29, 1.82) is 0 Å². The Balaban J connectivity index is 1.77. The molecule has 2 rings (SSSR count). The second kappa shape index (κ2) is 5.28. The zero-order chi connectivity index (χ0) is 10.5. The van der Waals surface area contributed by atoms with Crippen LogP contribution in [0.3, 0.4) is 0 Å². The van der Waals surface area contributed by atoms with Gasteiger partial charge >= 0.3 is 0 Å². The molecule has 1 fully saturated rings. The molecule has 0 amide bonds. The van der Waals surface area contributed by atoms with E-state index in [0.29, 0.717) is 12.6 Å². The Morgan fingerprint density at radius 3 is 3.27 bits per heavy atom. The summed E-state index contributed by atoms with van der Waals surface area (Å²) in [6.07, 6.45) is 6.63. The van der Waals surface area contributed by atoms with E-state index in [9.17, 15) is 0 Å². The van der Waals surface area contributed by atoms with E-state index >= 15 is 0 Å². The molecular formula is C11H18N2O2. The Hall–Kier alpha value is -0.870. The zero-order valence-electron chi connectivity index (χ0n) is 9.16. The molecule has 4 nitrogen and oxygen atoms in total. The molecule has 0 saturated carbocycles. The van der Waals surface area contributed by atoms with Crippen molar-refractivity contribution in [2.45, 2.75) is 38.3 Å². The lowest BCUT2D eigenvalue weighted by molar-refractivity contribution is 0.103. The first kappa shape index (κ1) is 10.6. The average Bonchev–Trinajstić information content (AvgIpc) is 2.85. The van der Waals surface area contributed by atoms with Gasteiger partial charge in [0, 0.05) is 13.0 Å². The monoisotopic (exact) mass is 210 g/mol. The Labute approximate surface area is 90.0 Å². The molecule has 2 heterocycles. The zero-order valence-corrected chi connectivity index (χ0v) is 9.16. The number of hydrogen-bond acceptors (Lipinski definition) is 4. The van der Waals surface area contributed by atoms with Crippen LogP contribution < -0.4 is 5.32 Å². The minimum absolute atomic E-state index is 0.433. The summed E-state index contributed by atoms with van der Waals surface area (Å²) < 4.78 is 11.1. The van der Waals surface area contributed by atoms with Crippen LogP contribution in [0.25, 0.3) is 0 Å². The molecule has 1 unspecified atom stereocenters. The second-order valence-electron chi connectivity index (χ2n) is 3.92. The fraction of sp³-hybridized carbons (Fsp3) is 0.727. The van der Waals surface area contributed by atoms with Crippen molar-refractivity contribution >= 4 is 0 Å². The van der Waals surface area contributed by atoms with Gasteiger partial charge in [0.1, 0.15) is 5.76 Å². The summed E-state index contributed by atoms with van der Waals surface area (Å²) in [5.74, 6) is 1.73. The Morgan fingerprint density at radius 2 is 2.53 bits per heavy atom. The normalized spacial score (nSPS) is 21.0. The van der Waals surface area contributed by atoms with Crippen LogP contribution in [-0.4, -0.2) is 24.7 Å². The summed E-state index contributed by atoms with van der Waals surface area (Å²) in [5, 5.41) is 3.01. The van der Waals surface area contributed by atoms with Crippen molar-refractivity contribution in [2.75, 3.05) is 13.7 Å². The van der Waals surface area contributed by atoms with Crippen LogP contribution in [-0.2, 0) is 17.7 Å². The first-order chi connectivity index (χ1) is 7.38. The van der Waals surface area contributed by atoms with Gasteiger partial charge in [-0.1, -0.05) is 0 Å². The van der Waals surface area contributed by atoms with Crippen LogP contribution in [0.2, 0.25) is 0 Å². The minimum atomic E-state index is 0.433. The van der Waals surface area contributed by atoms with Gasteiger partial charge in [0.05, 0.1) is 18.8 Å². The first-order valence-electron chi connectivity index (χ1n) is 5.58. The number of ether oxygens (including phenoxy) is 1. The third-order valence-corrected chi connectivity index (χ3v) is 2.67. The van der Waals surface area contributed by atoms with E-state index in [1.165, 1.54) is 12.8 Å². The van der Waals surface area contributed by atoms with E-state index in [1.807, 2.05) is 13.2 Å². The van der Waals surface area contributed by atoms with Crippen molar-refractivity contribution in [3.05, 3.63) is 17.8 Å². The van der Waals surface area contributed by atoms with E-state index in [4.69, 9.17) is 9.15 Å². The molecule has 0 bridgehead atoms. The molecule has 0 aromatic carbocycles. The summed E-state index contributed by atoms with van der Waals surface area (Å²) in [7, 11) is 1.89. The smallest absolute Gasteiger partial charge is 0.208 e. The molecule has 1 aliphatic heterocycles. The van der Waals surface area contributed by atoms with Crippen LogP contribution in [0.5, 0.6) is 0 Å². The van der Waals surface area contributed by atoms with Crippen LogP contribution in [0.4, 0.5) is 0 Å². The molecule has 1 aromatic rings. The van der Waals surface area contributed by atoms with Crippen molar-refractivity contribution < 1.29 is 9.15 Å². The maximum absolute atomic E-state index is 5.55. The van der Waals surface area contributed by atoms with Gasteiger partial charge in [0.2, 0.25) is 5.89 Å². The predicted molar refractivity (Wildman–Crippen MR) is 56.6 cm³/mol. The molecule has 1 N–H and O–H groups in total. The number of nitrogens with zero attached hydrogens (tertiary/aromatic N) is 1. The number of nitrogens with one attached hydrogen (secondary N) is 1. The van der Waals surface area contributed by atoms with Crippen molar-refractivity contribution in [3.8, 4) is 0 Å². The highest BCUT2D eigenvalue weighted by Gasteiger charge is 2.16. The predicted octanol–water partition coefficient (Wildman–Crippen LogP) is 1.51. The Kier molecular flexibility index (Phi) is 3.75. The number of oxazole rings is 1. The van der Waals surface area contributed by atoms with Crippen molar-refractivity contribution in [1.82, 2.24) is 10.3 Å². The van der Waals surface area contributed by atoms with Crippen LogP contribution in [0.15, 0.2) is 10.6 Å². The van der Waals surface area contributed by atoms with Crippen LogP contribution >= 0.6 is 0 Å². The van der Waals surface area contributed by atoms with Gasteiger partial charge in [-0.05, 0) is 26.3 Å². The van der Waals surface area contributed by atoms with Gasteiger partial charge in [-0.15, -0.1) is 0 Å². The Morgan fingerprint density at radius 1 is 1.60 bits per heavy atom. The van der Waals surface area contributed by atoms with Gasteiger partial charge in [-0.2, -0.15) is 0 Å². The molecular weight excluding hydrogens is 192 g/mol. The molecule has 0 spiro atoms. The number of aromatic nitrogens is 1. The lowest BCUT2D eigenvalue weighted by Gasteiger charge is -2.06. The largest absolute Gasteiger partial charge is 0.444 e. The lowest BCUT2D eigenvalue weighted by Crippen LogP contribution is -2.06. The maximum atomic E-state index is 5.55. The van der Waals surface area contributed by atoms with E-state index in [2.05, 4.69) is 10.3 Å². The minimum Gasteiger partial charge on any atom is -0.444 e. The highest BCUT2D eigenvalue weighted by atomic mass is 16.5. The molecule has 1 aliphatic rings. The highest BCUT2D eigenvalue weighted by molar-refractivity contribution is 4.94. The molecule has 0 radical (unpaired) electrons. The summed E-state index contributed by atoms with van der Waals surface area (Å²) in [6, 6.07) is 0. The molecule has 15 heavy (non-hydrogen) atoms. The fourth-order valence-corrected chi connectivity index (χ4v) is 1.87. The van der Waals surface area contributed by atoms with Gasteiger partial charge in [-0.25, -0.2) is 4.98 Å². The highest BCUT2D eigenvalue weighted by Crippen LogP contribution is 2.18. The Bertz CT molecular complexity index is 293. The molecule has 1 aromatic heterocycles. The quantitative estimate of drug-likeness (QED) is 0.800. The summed E-state index contributed by atoms with van der Waals surface area (Å²) in [6.45, 7) is 1.62. The average molecular weight is 210 g/mol. The van der Waals surface area contributed by atoms with E-state index in [1.54, 1.807) is 0 Å². The molecule has 1 atom stereocenters. The standard InChI is InChI=1S/C11H18N2O2/c1-12-8-11-13-7-10(15-11)5-4-9-3-2-6-14-9/h7,9,12H,2-6,8H2,1H3. The van der Waals surface area contributed by atoms with Gasteiger partial charge in [-0.3, -0.25) is 0 Å². The number of rotatable bonds is 5. The first-order valence-corrected chi connectivity index (χ1v) is 5.58. The molecule has 1 saturated heterocycles. The van der Waals surface area contributed by atoms with Gasteiger partial charge < -0.3 is 14.5 Å². The van der Waals surface area contributed by atoms with E-state index < -0.39 is 0 Å². The SMILES string of the molecule is CNCc1ncc(CCC2CCCO2)o1. The van der Waals surface area contributed by atoms with Crippen molar-refractivity contribution in [3.63, 3.8) is 0 Å². The molecule has 0 aliphatic carbocycles. The maximum Gasteiger partial charge on any atom is 0.208 e. The van der Waals surface area contributed by atoms with Crippen LogP contribution in [0.1, 0.15) is 30.9 Å². The summed E-state index contributed by atoms with van der Waals surface area (Å²) >= 11 is 0. The lowest BCUT2D eigenvalue weighted by atomic mass is 10.1. The van der Waals surface area contributed by atoms with Gasteiger partial charge in [0.15, 0.2) is 0 Å². The topological polar surface area (TPSA) is 47.3 Å². The second-order valence-corrected chi connectivity index (χ2v) is 3.92. The number of aryl methyl sites for hydroxylation is 1. The third-order valence-electron chi connectivity index (χ3n) is 2.67. The molecule has 84 valence electrons.